The van der Waals surface area contributed by atoms with Crippen LogP contribution < -0.4 is 15.8 Å². The van der Waals surface area contributed by atoms with Crippen LogP contribution >= 0.6 is 11.8 Å². The number of fused-ring (bicyclic) bond motifs is 1. The number of methoxy groups -OCH3 is 1. The number of esters is 1. The SMILES string of the molecule is CCOC(=O)c1c(C)oc(NC(=O)CCSc2cc(C)c3cccc(OC)c3n2)c1C(N)=O. The van der Waals surface area contributed by atoms with Gasteiger partial charge < -0.3 is 19.6 Å². The van der Waals surface area contributed by atoms with E-state index in [9.17, 15) is 14.4 Å². The highest BCUT2D eigenvalue weighted by Crippen LogP contribution is 2.30. The number of aryl methyl sites for hydroxylation is 2. The number of carbonyl (C=O) groups excluding carboxylic acids is 3. The third kappa shape index (κ3) is 5.28. The van der Waals surface area contributed by atoms with Gasteiger partial charge in [-0.15, -0.1) is 11.8 Å². The molecule has 9 nitrogen and oxygen atoms in total. The van der Waals surface area contributed by atoms with Crippen LogP contribution in [0.2, 0.25) is 0 Å². The summed E-state index contributed by atoms with van der Waals surface area (Å²) >= 11 is 1.41. The average Bonchev–Trinajstić information content (AvgIpc) is 3.09. The normalized spacial score (nSPS) is 10.8. The van der Waals surface area contributed by atoms with Crippen LogP contribution in [-0.2, 0) is 9.53 Å². The summed E-state index contributed by atoms with van der Waals surface area (Å²) in [6.07, 6.45) is 0.113. The van der Waals surface area contributed by atoms with E-state index >= 15 is 0 Å². The van der Waals surface area contributed by atoms with Gasteiger partial charge in [-0.2, -0.15) is 0 Å². The van der Waals surface area contributed by atoms with Crippen LogP contribution in [0.25, 0.3) is 10.9 Å². The predicted molar refractivity (Wildman–Crippen MR) is 125 cm³/mol. The summed E-state index contributed by atoms with van der Waals surface area (Å²) in [5.74, 6) is -0.958. The molecular formula is C23H25N3O6S. The van der Waals surface area contributed by atoms with Crippen molar-refractivity contribution in [3.8, 4) is 5.75 Å². The van der Waals surface area contributed by atoms with Crippen LogP contribution in [-0.4, -0.2) is 42.2 Å². The summed E-state index contributed by atoms with van der Waals surface area (Å²) < 4.78 is 15.8. The van der Waals surface area contributed by atoms with Gasteiger partial charge in [0, 0.05) is 17.6 Å². The molecule has 0 aliphatic carbocycles. The van der Waals surface area contributed by atoms with Crippen molar-refractivity contribution in [2.75, 3.05) is 24.8 Å². The number of pyridine rings is 1. The number of para-hydroxylation sites is 1. The van der Waals surface area contributed by atoms with Crippen molar-refractivity contribution >= 4 is 46.3 Å². The van der Waals surface area contributed by atoms with Crippen molar-refractivity contribution in [3.05, 3.63) is 46.7 Å². The molecule has 0 atom stereocenters. The van der Waals surface area contributed by atoms with Gasteiger partial charge in [-0.3, -0.25) is 14.9 Å². The second-order valence-corrected chi connectivity index (χ2v) is 8.22. The van der Waals surface area contributed by atoms with Crippen LogP contribution in [0.5, 0.6) is 5.75 Å². The molecule has 174 valence electrons. The third-order valence-electron chi connectivity index (χ3n) is 4.85. The molecular weight excluding hydrogens is 446 g/mol. The molecule has 2 aromatic heterocycles. The van der Waals surface area contributed by atoms with Gasteiger partial charge in [-0.25, -0.2) is 9.78 Å². The number of hydrogen-bond acceptors (Lipinski definition) is 8. The number of ether oxygens (including phenoxy) is 2. The molecule has 3 N–H and O–H groups in total. The highest BCUT2D eigenvalue weighted by atomic mass is 32.2. The van der Waals surface area contributed by atoms with Gasteiger partial charge in [0.1, 0.15) is 28.2 Å². The lowest BCUT2D eigenvalue weighted by Gasteiger charge is -2.09. The first kappa shape index (κ1) is 24.1. The summed E-state index contributed by atoms with van der Waals surface area (Å²) in [7, 11) is 1.60. The Morgan fingerprint density at radius 3 is 2.64 bits per heavy atom. The van der Waals surface area contributed by atoms with Crippen LogP contribution in [0.15, 0.2) is 33.7 Å². The number of furan rings is 1. The number of aromatic nitrogens is 1. The Kier molecular flexibility index (Phi) is 7.59. The van der Waals surface area contributed by atoms with Crippen LogP contribution in [0.1, 0.15) is 45.4 Å². The van der Waals surface area contributed by atoms with E-state index in [0.717, 1.165) is 21.5 Å². The molecule has 1 aromatic carbocycles. The van der Waals surface area contributed by atoms with Crippen LogP contribution in [0.4, 0.5) is 5.88 Å². The van der Waals surface area contributed by atoms with E-state index in [1.54, 1.807) is 14.0 Å². The number of benzene rings is 1. The molecule has 2 amide bonds. The van der Waals surface area contributed by atoms with E-state index in [0.29, 0.717) is 11.5 Å². The zero-order chi connectivity index (χ0) is 24.1. The van der Waals surface area contributed by atoms with Gasteiger partial charge in [0.2, 0.25) is 11.8 Å². The molecule has 0 radical (unpaired) electrons. The van der Waals surface area contributed by atoms with Crippen LogP contribution in [0.3, 0.4) is 0 Å². The molecule has 0 aliphatic heterocycles. The van der Waals surface area contributed by atoms with E-state index in [-0.39, 0.29) is 35.8 Å². The Morgan fingerprint density at radius 2 is 1.97 bits per heavy atom. The lowest BCUT2D eigenvalue weighted by molar-refractivity contribution is -0.115. The number of nitrogens with zero attached hydrogens (tertiary/aromatic N) is 1. The number of nitrogens with one attached hydrogen (secondary N) is 1. The number of primary amides is 1. The number of nitrogens with two attached hydrogens (primary N) is 1. The number of thioether (sulfide) groups is 1. The Morgan fingerprint density at radius 1 is 1.21 bits per heavy atom. The lowest BCUT2D eigenvalue weighted by Crippen LogP contribution is -2.20. The van der Waals surface area contributed by atoms with E-state index in [1.165, 1.54) is 18.7 Å². The van der Waals surface area contributed by atoms with Crippen molar-refractivity contribution in [1.29, 1.82) is 0 Å². The van der Waals surface area contributed by atoms with Crippen molar-refractivity contribution < 1.29 is 28.3 Å². The fourth-order valence-corrected chi connectivity index (χ4v) is 4.27. The smallest absolute Gasteiger partial charge is 0.342 e. The first-order valence-electron chi connectivity index (χ1n) is 10.2. The van der Waals surface area contributed by atoms with Gasteiger partial charge in [-0.05, 0) is 38.5 Å². The minimum absolute atomic E-state index is 0.0844. The minimum atomic E-state index is -0.899. The maximum atomic E-state index is 12.5. The monoisotopic (exact) mass is 471 g/mol. The molecule has 3 aromatic rings. The summed E-state index contributed by atoms with van der Waals surface area (Å²) in [4.78, 5) is 41.2. The first-order valence-corrected chi connectivity index (χ1v) is 11.2. The largest absolute Gasteiger partial charge is 0.494 e. The van der Waals surface area contributed by atoms with Gasteiger partial charge >= 0.3 is 5.97 Å². The van der Waals surface area contributed by atoms with Crippen molar-refractivity contribution in [2.45, 2.75) is 32.2 Å². The summed E-state index contributed by atoms with van der Waals surface area (Å²) in [5.41, 5.74) is 6.94. The molecule has 0 saturated carbocycles. The molecule has 2 heterocycles. The molecule has 0 spiro atoms. The first-order chi connectivity index (χ1) is 15.8. The second kappa shape index (κ2) is 10.4. The van der Waals surface area contributed by atoms with Gasteiger partial charge in [-0.1, -0.05) is 12.1 Å². The highest BCUT2D eigenvalue weighted by Gasteiger charge is 2.29. The van der Waals surface area contributed by atoms with Crippen molar-refractivity contribution in [1.82, 2.24) is 4.98 Å². The van der Waals surface area contributed by atoms with Gasteiger partial charge in [0.15, 0.2) is 0 Å². The van der Waals surface area contributed by atoms with E-state index in [2.05, 4.69) is 10.3 Å². The summed E-state index contributed by atoms with van der Waals surface area (Å²) in [6.45, 7) is 5.24. The molecule has 0 aliphatic rings. The Bertz CT molecular complexity index is 1220. The molecule has 33 heavy (non-hydrogen) atoms. The minimum Gasteiger partial charge on any atom is -0.494 e. The van der Waals surface area contributed by atoms with E-state index < -0.39 is 17.8 Å². The molecule has 0 bridgehead atoms. The lowest BCUT2D eigenvalue weighted by atomic mass is 10.1. The second-order valence-electron chi connectivity index (χ2n) is 7.10. The zero-order valence-electron chi connectivity index (χ0n) is 18.8. The van der Waals surface area contributed by atoms with Gasteiger partial charge in [0.05, 0.1) is 18.7 Å². The quantitative estimate of drug-likeness (QED) is 0.355. The zero-order valence-corrected chi connectivity index (χ0v) is 19.6. The Hall–Kier alpha value is -3.53. The van der Waals surface area contributed by atoms with E-state index in [1.807, 2.05) is 31.2 Å². The molecule has 0 fully saturated rings. The Balaban J connectivity index is 1.70. The van der Waals surface area contributed by atoms with Crippen LogP contribution in [0, 0.1) is 13.8 Å². The number of carbonyl (C=O) groups is 3. The topological polar surface area (TPSA) is 134 Å². The highest BCUT2D eigenvalue weighted by molar-refractivity contribution is 7.99. The third-order valence-corrected chi connectivity index (χ3v) is 5.76. The maximum absolute atomic E-state index is 12.5. The number of anilines is 1. The molecule has 0 saturated heterocycles. The number of hydrogen-bond donors (Lipinski definition) is 2. The summed E-state index contributed by atoms with van der Waals surface area (Å²) in [6, 6.07) is 7.70. The van der Waals surface area contributed by atoms with Crippen molar-refractivity contribution in [3.63, 3.8) is 0 Å². The standard InChI is InChI=1S/C23H25N3O6S/c1-5-31-23(29)18-13(3)32-22(19(18)21(24)28)25-16(27)9-10-33-17-11-12(2)14-7-6-8-15(30-4)20(14)26-17/h6-8,11H,5,9-10H2,1-4H3,(H2,24,28)(H,25,27). The predicted octanol–water partition coefficient (Wildman–Crippen LogP) is 3.85. The van der Waals surface area contributed by atoms with Gasteiger partial charge in [0.25, 0.3) is 5.91 Å². The number of amides is 2. The fourth-order valence-electron chi connectivity index (χ4n) is 3.35. The van der Waals surface area contributed by atoms with E-state index in [4.69, 9.17) is 19.6 Å². The molecule has 0 unspecified atom stereocenters. The molecule has 3 rings (SSSR count). The Labute approximate surface area is 195 Å². The maximum Gasteiger partial charge on any atom is 0.342 e. The van der Waals surface area contributed by atoms with Crippen molar-refractivity contribution in [2.24, 2.45) is 5.73 Å². The number of rotatable bonds is 9. The fraction of sp³-hybridized carbons (Fsp3) is 0.304. The average molecular weight is 472 g/mol. The molecule has 10 heteroatoms. The summed E-state index contributed by atoms with van der Waals surface area (Å²) in [5, 5.41) is 4.29.